The maximum absolute atomic E-state index is 4.64. The summed E-state index contributed by atoms with van der Waals surface area (Å²) < 4.78 is 0. The Morgan fingerprint density at radius 1 is 1.14 bits per heavy atom. The van der Waals surface area contributed by atoms with Crippen LogP contribution in [0.25, 0.3) is 21.7 Å². The first kappa shape index (κ1) is 12.8. The molecule has 2 aromatic heterocycles. The molecule has 0 bridgehead atoms. The minimum absolute atomic E-state index is 0.911. The van der Waals surface area contributed by atoms with Crippen LogP contribution >= 0.6 is 11.3 Å². The fraction of sp³-hybridized carbons (Fsp3) is 0.333. The molecule has 3 aromatic rings. The van der Waals surface area contributed by atoms with Crippen molar-refractivity contribution in [3.63, 3.8) is 0 Å². The van der Waals surface area contributed by atoms with Crippen molar-refractivity contribution >= 4 is 27.5 Å². The van der Waals surface area contributed by atoms with Gasteiger partial charge in [-0.15, -0.1) is 0 Å². The molecule has 0 radical (unpaired) electrons. The summed E-state index contributed by atoms with van der Waals surface area (Å²) in [6.07, 6.45) is 1.93. The van der Waals surface area contributed by atoms with Crippen molar-refractivity contribution in [3.05, 3.63) is 30.5 Å². The summed E-state index contributed by atoms with van der Waals surface area (Å²) in [5.74, 6) is 0.911. The molecule has 1 fully saturated rings. The second-order valence-corrected chi connectivity index (χ2v) is 6.41. The largest absolute Gasteiger partial charge is 0.346 e. The Balaban J connectivity index is 1.61. The van der Waals surface area contributed by atoms with Crippen LogP contribution in [-0.4, -0.2) is 53.1 Å². The molecule has 1 aromatic carbocycles. The van der Waals surface area contributed by atoms with Gasteiger partial charge in [0.2, 0.25) is 0 Å². The molecule has 1 aliphatic rings. The second kappa shape index (κ2) is 5.13. The lowest BCUT2D eigenvalue weighted by atomic mass is 10.3. The quantitative estimate of drug-likeness (QED) is 0.789. The van der Waals surface area contributed by atoms with Crippen molar-refractivity contribution in [2.45, 2.75) is 0 Å². The molecule has 1 saturated heterocycles. The maximum Gasteiger partial charge on any atom is 0.186 e. The number of aromatic amines is 1. The number of para-hydroxylation sites is 2. The molecule has 1 N–H and O–H groups in total. The van der Waals surface area contributed by atoms with Crippen molar-refractivity contribution in [2.75, 3.05) is 38.1 Å². The van der Waals surface area contributed by atoms with Crippen LogP contribution in [0, 0.1) is 0 Å². The number of anilines is 1. The molecule has 0 spiro atoms. The number of thiazole rings is 1. The molecule has 5 nitrogen and oxygen atoms in total. The van der Waals surface area contributed by atoms with Crippen molar-refractivity contribution < 1.29 is 0 Å². The van der Waals surface area contributed by atoms with E-state index in [4.69, 9.17) is 0 Å². The number of nitrogens with one attached hydrogen (secondary N) is 1. The summed E-state index contributed by atoms with van der Waals surface area (Å²) in [5.41, 5.74) is 2.07. The number of likely N-dealkylation sites (N-methyl/N-ethyl adjacent to an activating group) is 1. The average molecular weight is 299 g/mol. The smallest absolute Gasteiger partial charge is 0.186 e. The van der Waals surface area contributed by atoms with E-state index in [2.05, 4.69) is 31.8 Å². The molecule has 0 unspecified atom stereocenters. The Bertz CT molecular complexity index is 721. The van der Waals surface area contributed by atoms with Gasteiger partial charge < -0.3 is 14.8 Å². The Hall–Kier alpha value is -1.92. The van der Waals surface area contributed by atoms with E-state index in [1.807, 2.05) is 30.5 Å². The van der Waals surface area contributed by atoms with Gasteiger partial charge in [0.15, 0.2) is 5.13 Å². The zero-order valence-corrected chi connectivity index (χ0v) is 12.7. The van der Waals surface area contributed by atoms with Gasteiger partial charge in [-0.05, 0) is 19.2 Å². The summed E-state index contributed by atoms with van der Waals surface area (Å²) in [7, 11) is 2.17. The van der Waals surface area contributed by atoms with E-state index < -0.39 is 0 Å². The van der Waals surface area contributed by atoms with Crippen LogP contribution in [0.5, 0.6) is 0 Å². The van der Waals surface area contributed by atoms with Crippen LogP contribution in [0.15, 0.2) is 30.5 Å². The van der Waals surface area contributed by atoms with Crippen molar-refractivity contribution in [3.8, 4) is 10.7 Å². The normalized spacial score (nSPS) is 16.7. The van der Waals surface area contributed by atoms with E-state index in [9.17, 15) is 0 Å². The van der Waals surface area contributed by atoms with Crippen LogP contribution in [0.2, 0.25) is 0 Å². The lowest BCUT2D eigenvalue weighted by molar-refractivity contribution is 0.313. The van der Waals surface area contributed by atoms with Crippen molar-refractivity contribution in [1.29, 1.82) is 0 Å². The number of hydrogen-bond donors (Lipinski definition) is 1. The highest BCUT2D eigenvalue weighted by Crippen LogP contribution is 2.30. The van der Waals surface area contributed by atoms with Gasteiger partial charge >= 0.3 is 0 Å². The molecule has 6 heteroatoms. The number of nitrogens with zero attached hydrogens (tertiary/aromatic N) is 4. The van der Waals surface area contributed by atoms with Crippen molar-refractivity contribution in [1.82, 2.24) is 19.9 Å². The number of benzene rings is 1. The summed E-state index contributed by atoms with van der Waals surface area (Å²) >= 11 is 1.71. The highest BCUT2D eigenvalue weighted by molar-refractivity contribution is 7.18. The van der Waals surface area contributed by atoms with Gasteiger partial charge in [-0.1, -0.05) is 23.5 Å². The fourth-order valence-corrected chi connectivity index (χ4v) is 3.50. The summed E-state index contributed by atoms with van der Waals surface area (Å²) in [5, 5.41) is 1.10. The highest BCUT2D eigenvalue weighted by atomic mass is 32.1. The Labute approximate surface area is 127 Å². The third kappa shape index (κ3) is 2.41. The number of H-pyrrole nitrogens is 1. The molecule has 21 heavy (non-hydrogen) atoms. The summed E-state index contributed by atoms with van der Waals surface area (Å²) in [6, 6.07) is 8.11. The van der Waals surface area contributed by atoms with E-state index in [-0.39, 0.29) is 0 Å². The predicted molar refractivity (Wildman–Crippen MR) is 86.9 cm³/mol. The minimum Gasteiger partial charge on any atom is -0.346 e. The number of aromatic nitrogens is 3. The van der Waals surface area contributed by atoms with Crippen LogP contribution in [0.1, 0.15) is 0 Å². The number of fused-ring (bicyclic) bond motifs is 1. The van der Waals surface area contributed by atoms with Gasteiger partial charge in [-0.2, -0.15) is 0 Å². The van der Waals surface area contributed by atoms with E-state index in [1.54, 1.807) is 11.3 Å². The number of rotatable bonds is 2. The van der Waals surface area contributed by atoms with Gasteiger partial charge in [-0.25, -0.2) is 9.97 Å². The molecule has 0 aliphatic carbocycles. The topological polar surface area (TPSA) is 48.1 Å². The van der Waals surface area contributed by atoms with Crippen LogP contribution in [0.3, 0.4) is 0 Å². The lowest BCUT2D eigenvalue weighted by Gasteiger charge is -2.32. The van der Waals surface area contributed by atoms with Crippen LogP contribution < -0.4 is 4.90 Å². The molecule has 0 atom stereocenters. The Morgan fingerprint density at radius 3 is 2.76 bits per heavy atom. The summed E-state index contributed by atoms with van der Waals surface area (Å²) in [6.45, 7) is 4.28. The number of piperazine rings is 1. The number of hydrogen-bond acceptors (Lipinski definition) is 5. The Kier molecular flexibility index (Phi) is 3.12. The standard InChI is InChI=1S/C15H17N5S/c1-19-6-8-20(9-7-19)15-16-10-13(21-15)14-17-11-4-2-3-5-12(11)18-14/h2-5,10H,6-9H2,1H3,(H,17,18). The molecule has 0 saturated carbocycles. The van der Waals surface area contributed by atoms with Gasteiger partial charge in [0.05, 0.1) is 22.1 Å². The third-order valence-corrected chi connectivity index (χ3v) is 4.95. The van der Waals surface area contributed by atoms with E-state index in [1.165, 1.54) is 0 Å². The minimum atomic E-state index is 0.911. The van der Waals surface area contributed by atoms with Gasteiger partial charge in [0, 0.05) is 26.2 Å². The van der Waals surface area contributed by atoms with Gasteiger partial charge in [-0.3, -0.25) is 0 Å². The van der Waals surface area contributed by atoms with Crippen LogP contribution in [-0.2, 0) is 0 Å². The van der Waals surface area contributed by atoms with E-state index in [0.29, 0.717) is 0 Å². The monoisotopic (exact) mass is 299 g/mol. The zero-order valence-electron chi connectivity index (χ0n) is 11.9. The molecule has 3 heterocycles. The highest BCUT2D eigenvalue weighted by Gasteiger charge is 2.18. The predicted octanol–water partition coefficient (Wildman–Crippen LogP) is 2.44. The van der Waals surface area contributed by atoms with Crippen LogP contribution in [0.4, 0.5) is 5.13 Å². The van der Waals surface area contributed by atoms with E-state index >= 15 is 0 Å². The average Bonchev–Trinajstić information content (AvgIpc) is 3.14. The first-order valence-electron chi connectivity index (χ1n) is 7.14. The first-order chi connectivity index (χ1) is 10.3. The second-order valence-electron chi connectivity index (χ2n) is 5.40. The molecular weight excluding hydrogens is 282 g/mol. The van der Waals surface area contributed by atoms with Gasteiger partial charge in [0.1, 0.15) is 5.82 Å². The molecule has 108 valence electrons. The maximum atomic E-state index is 4.64. The lowest BCUT2D eigenvalue weighted by Crippen LogP contribution is -2.44. The zero-order chi connectivity index (χ0) is 14.2. The number of imidazole rings is 1. The molecular formula is C15H17N5S. The first-order valence-corrected chi connectivity index (χ1v) is 7.96. The molecule has 1 aliphatic heterocycles. The molecule has 0 amide bonds. The van der Waals surface area contributed by atoms with Gasteiger partial charge in [0.25, 0.3) is 0 Å². The summed E-state index contributed by atoms with van der Waals surface area (Å²) in [4.78, 5) is 18.4. The Morgan fingerprint density at radius 2 is 1.95 bits per heavy atom. The third-order valence-electron chi connectivity index (χ3n) is 3.89. The molecule has 4 rings (SSSR count). The van der Waals surface area contributed by atoms with Crippen molar-refractivity contribution in [2.24, 2.45) is 0 Å². The fourth-order valence-electron chi connectivity index (χ4n) is 2.59. The SMILES string of the molecule is CN1CCN(c2ncc(-c3nc4ccccc4[nH]3)s2)CC1. The van der Waals surface area contributed by atoms with E-state index in [0.717, 1.165) is 53.0 Å².